The topological polar surface area (TPSA) is 3.88 Å². The third-order valence-corrected chi connectivity index (χ3v) is 5.82. The SMILES string of the molecule is [2H]c1c(C)[n+](C)c(-c2cc(C)cc(C)c2C)c2ccc3ccc(C(F)(F)F)cc3c12. The predicted molar refractivity (Wildman–Crippen MR) is 112 cm³/mol. The highest BCUT2D eigenvalue weighted by molar-refractivity contribution is 6.11. The van der Waals surface area contributed by atoms with Crippen molar-refractivity contribution in [3.8, 4) is 11.3 Å². The first-order chi connectivity index (χ1) is 14.0. The third-order valence-electron chi connectivity index (χ3n) is 5.82. The molecule has 0 fully saturated rings. The lowest BCUT2D eigenvalue weighted by Gasteiger charge is -2.14. The Kier molecular flexibility index (Phi) is 4.12. The van der Waals surface area contributed by atoms with Gasteiger partial charge in [0.2, 0.25) is 5.69 Å². The van der Waals surface area contributed by atoms with Crippen LogP contribution in [0, 0.1) is 27.7 Å². The molecule has 3 aromatic carbocycles. The van der Waals surface area contributed by atoms with E-state index >= 15 is 0 Å². The quantitative estimate of drug-likeness (QED) is 0.248. The molecular formula is C25H23F3N+. The first-order valence-corrected chi connectivity index (χ1v) is 9.51. The number of benzene rings is 3. The van der Waals surface area contributed by atoms with Gasteiger partial charge in [-0.2, -0.15) is 17.7 Å². The van der Waals surface area contributed by atoms with E-state index in [1.807, 2.05) is 37.6 Å². The summed E-state index contributed by atoms with van der Waals surface area (Å²) in [5.41, 5.74) is 5.37. The minimum absolute atomic E-state index is 0.253. The molecule has 0 unspecified atom stereocenters. The molecule has 0 atom stereocenters. The molecule has 1 nitrogen and oxygen atoms in total. The second kappa shape index (κ2) is 6.58. The number of aromatic nitrogens is 1. The van der Waals surface area contributed by atoms with E-state index in [1.54, 1.807) is 0 Å². The first kappa shape index (κ1) is 18.2. The summed E-state index contributed by atoms with van der Waals surface area (Å²) in [5.74, 6) is 0. The highest BCUT2D eigenvalue weighted by Crippen LogP contribution is 2.37. The van der Waals surface area contributed by atoms with Crippen LogP contribution >= 0.6 is 0 Å². The Hall–Kier alpha value is -2.88. The van der Waals surface area contributed by atoms with Crippen LogP contribution in [-0.4, -0.2) is 0 Å². The number of halogens is 3. The van der Waals surface area contributed by atoms with Gasteiger partial charge in [-0.15, -0.1) is 0 Å². The lowest BCUT2D eigenvalue weighted by atomic mass is 9.92. The summed E-state index contributed by atoms with van der Waals surface area (Å²) in [7, 11) is 1.91. The van der Waals surface area contributed by atoms with Crippen LogP contribution in [0.3, 0.4) is 0 Å². The van der Waals surface area contributed by atoms with Crippen LogP contribution in [0.5, 0.6) is 0 Å². The van der Waals surface area contributed by atoms with Crippen molar-refractivity contribution in [1.29, 1.82) is 0 Å². The van der Waals surface area contributed by atoms with Gasteiger partial charge >= 0.3 is 6.18 Å². The molecule has 4 aromatic rings. The molecule has 0 aliphatic carbocycles. The van der Waals surface area contributed by atoms with Gasteiger partial charge in [0.1, 0.15) is 7.05 Å². The van der Waals surface area contributed by atoms with Crippen LogP contribution in [0.2, 0.25) is 0 Å². The number of nitrogens with zero attached hydrogens (tertiary/aromatic N) is 1. The van der Waals surface area contributed by atoms with Gasteiger partial charge in [-0.05, 0) is 66.9 Å². The van der Waals surface area contributed by atoms with Crippen molar-refractivity contribution < 1.29 is 19.1 Å². The predicted octanol–water partition coefficient (Wildman–Crippen LogP) is 6.74. The molecule has 148 valence electrons. The maximum atomic E-state index is 13.4. The highest BCUT2D eigenvalue weighted by atomic mass is 19.4. The Bertz CT molecular complexity index is 1340. The number of hydrogen-bond donors (Lipinski definition) is 0. The van der Waals surface area contributed by atoms with E-state index in [0.29, 0.717) is 21.9 Å². The van der Waals surface area contributed by atoms with Crippen LogP contribution in [-0.2, 0) is 13.2 Å². The van der Waals surface area contributed by atoms with E-state index in [2.05, 4.69) is 26.0 Å². The Balaban J connectivity index is 2.22. The summed E-state index contributed by atoms with van der Waals surface area (Å²) >= 11 is 0. The van der Waals surface area contributed by atoms with Crippen LogP contribution in [0.25, 0.3) is 32.8 Å². The molecule has 1 aromatic heterocycles. The van der Waals surface area contributed by atoms with Crippen LogP contribution in [0.15, 0.2) is 48.5 Å². The smallest absolute Gasteiger partial charge is 0.198 e. The number of aryl methyl sites for hydroxylation is 2. The lowest BCUT2D eigenvalue weighted by molar-refractivity contribution is -0.665. The molecule has 0 N–H and O–H groups in total. The molecule has 0 bridgehead atoms. The van der Waals surface area contributed by atoms with E-state index in [9.17, 15) is 13.2 Å². The molecule has 29 heavy (non-hydrogen) atoms. The summed E-state index contributed by atoms with van der Waals surface area (Å²) in [6.45, 7) is 8.00. The minimum atomic E-state index is -4.43. The molecule has 4 rings (SSSR count). The molecular weight excluding hydrogens is 371 g/mol. The number of rotatable bonds is 1. The highest BCUT2D eigenvalue weighted by Gasteiger charge is 2.31. The lowest BCUT2D eigenvalue weighted by Crippen LogP contribution is -2.35. The zero-order valence-electron chi connectivity index (χ0n) is 18.1. The largest absolute Gasteiger partial charge is 0.416 e. The summed E-state index contributed by atoms with van der Waals surface area (Å²) < 4.78 is 50.9. The van der Waals surface area contributed by atoms with Gasteiger partial charge in [0.05, 0.1) is 17.9 Å². The summed E-state index contributed by atoms with van der Waals surface area (Å²) in [6, 6.07) is 12.0. The van der Waals surface area contributed by atoms with Crippen LogP contribution in [0.4, 0.5) is 13.2 Å². The Morgan fingerprint density at radius 1 is 0.862 bits per heavy atom. The fourth-order valence-corrected chi connectivity index (χ4v) is 4.05. The molecule has 0 amide bonds. The molecule has 0 aliphatic rings. The summed E-state index contributed by atoms with van der Waals surface area (Å²) in [4.78, 5) is 0. The van der Waals surface area contributed by atoms with E-state index in [0.717, 1.165) is 39.4 Å². The fraction of sp³-hybridized carbons (Fsp3) is 0.240. The van der Waals surface area contributed by atoms with Gasteiger partial charge in [0.15, 0.2) is 5.69 Å². The van der Waals surface area contributed by atoms with E-state index < -0.39 is 11.7 Å². The number of alkyl halides is 3. The van der Waals surface area contributed by atoms with Crippen molar-refractivity contribution in [2.45, 2.75) is 33.9 Å². The van der Waals surface area contributed by atoms with Crippen molar-refractivity contribution in [3.63, 3.8) is 0 Å². The first-order valence-electron chi connectivity index (χ1n) is 10.0. The van der Waals surface area contributed by atoms with Crippen molar-refractivity contribution in [2.75, 3.05) is 0 Å². The number of fused-ring (bicyclic) bond motifs is 3. The van der Waals surface area contributed by atoms with Gasteiger partial charge in [0.25, 0.3) is 0 Å². The molecule has 0 saturated heterocycles. The van der Waals surface area contributed by atoms with E-state index in [-0.39, 0.29) is 6.04 Å². The zero-order chi connectivity index (χ0) is 22.0. The maximum Gasteiger partial charge on any atom is 0.416 e. The second-order valence-corrected chi connectivity index (χ2v) is 7.79. The summed E-state index contributed by atoms with van der Waals surface area (Å²) in [6.07, 6.45) is -4.43. The fourth-order valence-electron chi connectivity index (χ4n) is 4.05. The number of hydrogen-bond acceptors (Lipinski definition) is 0. The average molecular weight is 395 g/mol. The molecule has 0 radical (unpaired) electrons. The maximum absolute atomic E-state index is 13.4. The summed E-state index contributed by atoms with van der Waals surface area (Å²) in [5, 5.41) is 2.50. The zero-order valence-corrected chi connectivity index (χ0v) is 17.1. The molecule has 0 spiro atoms. The number of pyridine rings is 1. The van der Waals surface area contributed by atoms with Crippen LogP contribution in [0.1, 0.15) is 29.3 Å². The molecule has 1 heterocycles. The van der Waals surface area contributed by atoms with Crippen molar-refractivity contribution in [2.24, 2.45) is 7.05 Å². The molecule has 0 aliphatic heterocycles. The average Bonchev–Trinajstić information content (AvgIpc) is 2.68. The Morgan fingerprint density at radius 3 is 2.24 bits per heavy atom. The molecule has 4 heteroatoms. The third kappa shape index (κ3) is 3.17. The van der Waals surface area contributed by atoms with Crippen molar-refractivity contribution in [3.05, 3.63) is 76.5 Å². The van der Waals surface area contributed by atoms with Gasteiger partial charge in [0, 0.05) is 18.4 Å². The van der Waals surface area contributed by atoms with Crippen LogP contribution < -0.4 is 4.57 Å². The standard InChI is InChI=1S/C25H23F3N/c1-14-10-15(2)17(4)21(11-14)24-20-9-7-18-6-8-19(25(26,27)28)13-22(18)23(20)12-16(3)29(24)5/h6-13H,1-5H3/q+1/i12D. The van der Waals surface area contributed by atoms with Crippen molar-refractivity contribution in [1.82, 2.24) is 0 Å². The van der Waals surface area contributed by atoms with Gasteiger partial charge in [-0.1, -0.05) is 23.8 Å². The van der Waals surface area contributed by atoms with E-state index in [1.165, 1.54) is 12.1 Å². The molecule has 0 saturated carbocycles. The Labute approximate surface area is 169 Å². The van der Waals surface area contributed by atoms with E-state index in [4.69, 9.17) is 1.37 Å². The van der Waals surface area contributed by atoms with Gasteiger partial charge in [-0.3, -0.25) is 0 Å². The Morgan fingerprint density at radius 2 is 1.55 bits per heavy atom. The normalized spacial score (nSPS) is 12.6. The van der Waals surface area contributed by atoms with Gasteiger partial charge < -0.3 is 0 Å². The van der Waals surface area contributed by atoms with Gasteiger partial charge in [-0.25, -0.2) is 0 Å². The minimum Gasteiger partial charge on any atom is -0.198 e. The van der Waals surface area contributed by atoms with Crippen molar-refractivity contribution >= 4 is 21.5 Å². The second-order valence-electron chi connectivity index (χ2n) is 7.79. The monoisotopic (exact) mass is 395 g/mol.